The van der Waals surface area contributed by atoms with E-state index in [-0.39, 0.29) is 11.3 Å². The number of Topliss-reactive ketones (excluding diaryl/α,β-unsaturated/α-hetero) is 1. The number of hydrogen-bond donors (Lipinski definition) is 1. The lowest BCUT2D eigenvalue weighted by atomic mass is 9.94. The second-order valence-corrected chi connectivity index (χ2v) is 11.2. The first-order valence-electron chi connectivity index (χ1n) is 13.4. The van der Waals surface area contributed by atoms with E-state index in [0.717, 1.165) is 26.9 Å². The first-order chi connectivity index (χ1) is 20.3. The third-order valence-electron chi connectivity index (χ3n) is 7.28. The molecule has 1 saturated heterocycles. The number of methoxy groups -OCH3 is 1. The van der Waals surface area contributed by atoms with E-state index in [1.54, 1.807) is 43.5 Å². The molecule has 1 unspecified atom stereocenters. The van der Waals surface area contributed by atoms with Crippen molar-refractivity contribution in [3.63, 3.8) is 0 Å². The van der Waals surface area contributed by atoms with Crippen LogP contribution in [-0.2, 0) is 16.2 Å². The molecule has 210 valence electrons. The molecule has 1 N–H and O–H groups in total. The van der Waals surface area contributed by atoms with E-state index in [0.29, 0.717) is 34.4 Å². The van der Waals surface area contributed by atoms with Crippen LogP contribution < -0.4 is 14.4 Å². The fourth-order valence-corrected chi connectivity index (χ4v) is 6.22. The maximum atomic E-state index is 13.6. The minimum absolute atomic E-state index is 0.0129. The first-order valence-corrected chi connectivity index (χ1v) is 14.3. The van der Waals surface area contributed by atoms with Crippen molar-refractivity contribution in [1.82, 2.24) is 4.98 Å². The summed E-state index contributed by atoms with van der Waals surface area (Å²) in [7, 11) is 1.55. The molecule has 0 spiro atoms. The van der Waals surface area contributed by atoms with E-state index in [1.807, 2.05) is 68.4 Å². The average Bonchev–Trinajstić information content (AvgIpc) is 3.53. The standard InChI is InChI=1S/C34H28N2O5S/c1-20-12-14-26-28(16-20)42-34(35-26)36-30(23-10-7-11-25(18-23)40-3)29(32(38)33(36)39)31(37)24-13-15-27(21(2)17-24)41-19-22-8-5-4-6-9-22/h4-18,30,37H,19H2,1-3H3/b31-29+. The lowest BCUT2D eigenvalue weighted by molar-refractivity contribution is -0.132. The van der Waals surface area contributed by atoms with Crippen LogP contribution in [0.3, 0.4) is 0 Å². The highest BCUT2D eigenvalue weighted by molar-refractivity contribution is 7.22. The topological polar surface area (TPSA) is 89.0 Å². The number of nitrogens with zero attached hydrogens (tertiary/aromatic N) is 2. The van der Waals surface area contributed by atoms with Crippen LogP contribution >= 0.6 is 11.3 Å². The maximum Gasteiger partial charge on any atom is 0.301 e. The van der Waals surface area contributed by atoms with Crippen LogP contribution in [0.4, 0.5) is 5.13 Å². The Morgan fingerprint density at radius 3 is 2.52 bits per heavy atom. The maximum absolute atomic E-state index is 13.6. The second-order valence-electron chi connectivity index (χ2n) is 10.2. The van der Waals surface area contributed by atoms with E-state index < -0.39 is 17.7 Å². The molecule has 6 rings (SSSR count). The Balaban J connectivity index is 1.43. The quantitative estimate of drug-likeness (QED) is 0.126. The third-order valence-corrected chi connectivity index (χ3v) is 8.30. The van der Waals surface area contributed by atoms with Gasteiger partial charge in [0.2, 0.25) is 0 Å². The molecule has 4 aromatic carbocycles. The van der Waals surface area contributed by atoms with Crippen molar-refractivity contribution in [2.24, 2.45) is 0 Å². The minimum Gasteiger partial charge on any atom is -0.507 e. The number of hydrogen-bond acceptors (Lipinski definition) is 7. The Morgan fingerprint density at radius 2 is 1.76 bits per heavy atom. The molecule has 0 bridgehead atoms. The van der Waals surface area contributed by atoms with Gasteiger partial charge in [-0.2, -0.15) is 0 Å². The summed E-state index contributed by atoms with van der Waals surface area (Å²) in [6.07, 6.45) is 0. The molecule has 1 atom stereocenters. The number of thiazole rings is 1. The highest BCUT2D eigenvalue weighted by Crippen LogP contribution is 2.45. The Bertz CT molecular complexity index is 1860. The molecule has 7 nitrogen and oxygen atoms in total. The van der Waals surface area contributed by atoms with E-state index in [2.05, 4.69) is 0 Å². The summed E-state index contributed by atoms with van der Waals surface area (Å²) in [5, 5.41) is 12.0. The summed E-state index contributed by atoms with van der Waals surface area (Å²) in [5.74, 6) is -0.574. The van der Waals surface area contributed by atoms with Crippen LogP contribution in [0, 0.1) is 13.8 Å². The van der Waals surface area contributed by atoms with Gasteiger partial charge in [0, 0.05) is 5.56 Å². The minimum atomic E-state index is -0.906. The molecule has 1 amide bonds. The molecule has 5 aromatic rings. The normalized spacial score (nSPS) is 16.3. The number of aliphatic hydroxyl groups is 1. The number of amides is 1. The molecule has 0 aliphatic carbocycles. The van der Waals surface area contributed by atoms with Gasteiger partial charge in [-0.3, -0.25) is 14.5 Å². The van der Waals surface area contributed by atoms with Crippen LogP contribution in [-0.4, -0.2) is 28.9 Å². The Morgan fingerprint density at radius 1 is 0.952 bits per heavy atom. The number of aromatic nitrogens is 1. The fourth-order valence-electron chi connectivity index (χ4n) is 5.13. The largest absolute Gasteiger partial charge is 0.507 e. The number of fused-ring (bicyclic) bond motifs is 1. The molecule has 0 saturated carbocycles. The van der Waals surface area contributed by atoms with Crippen molar-refractivity contribution in [3.8, 4) is 11.5 Å². The summed E-state index contributed by atoms with van der Waals surface area (Å²) in [6, 6.07) is 27.1. The van der Waals surface area contributed by atoms with Gasteiger partial charge in [-0.15, -0.1) is 0 Å². The van der Waals surface area contributed by atoms with E-state index in [4.69, 9.17) is 14.5 Å². The Labute approximate surface area is 247 Å². The highest BCUT2D eigenvalue weighted by atomic mass is 32.1. The van der Waals surface area contributed by atoms with Gasteiger partial charge in [-0.25, -0.2) is 4.98 Å². The summed E-state index contributed by atoms with van der Waals surface area (Å²) in [5.41, 5.74) is 4.62. The number of aliphatic hydroxyl groups excluding tert-OH is 1. The van der Waals surface area contributed by atoms with E-state index >= 15 is 0 Å². The number of ketones is 1. The number of carbonyl (C=O) groups is 2. The van der Waals surface area contributed by atoms with Crippen LogP contribution in [0.2, 0.25) is 0 Å². The van der Waals surface area contributed by atoms with Gasteiger partial charge in [0.1, 0.15) is 23.9 Å². The zero-order valence-corrected chi connectivity index (χ0v) is 24.1. The molecule has 1 aliphatic heterocycles. The average molecular weight is 577 g/mol. The van der Waals surface area contributed by atoms with Crippen molar-refractivity contribution in [2.45, 2.75) is 26.5 Å². The molecule has 8 heteroatoms. The van der Waals surface area contributed by atoms with Crippen molar-refractivity contribution >= 4 is 44.1 Å². The fraction of sp³-hybridized carbons (Fsp3) is 0.147. The predicted octanol–water partition coefficient (Wildman–Crippen LogP) is 7.13. The van der Waals surface area contributed by atoms with Gasteiger partial charge in [0.05, 0.1) is 28.9 Å². The molecule has 1 aliphatic rings. The number of rotatable bonds is 7. The van der Waals surface area contributed by atoms with Crippen LogP contribution in [0.5, 0.6) is 11.5 Å². The van der Waals surface area contributed by atoms with Gasteiger partial charge in [0.25, 0.3) is 5.78 Å². The molecular weight excluding hydrogens is 548 g/mol. The van der Waals surface area contributed by atoms with Crippen molar-refractivity contribution < 1.29 is 24.2 Å². The Kier molecular flexibility index (Phi) is 7.22. The molecule has 2 heterocycles. The zero-order chi connectivity index (χ0) is 29.4. The van der Waals surface area contributed by atoms with Gasteiger partial charge < -0.3 is 14.6 Å². The number of carbonyl (C=O) groups excluding carboxylic acids is 2. The second kappa shape index (κ2) is 11.1. The van der Waals surface area contributed by atoms with Crippen molar-refractivity contribution in [2.75, 3.05) is 12.0 Å². The van der Waals surface area contributed by atoms with E-state index in [9.17, 15) is 14.7 Å². The summed E-state index contributed by atoms with van der Waals surface area (Å²) in [4.78, 5) is 33.3. The number of aryl methyl sites for hydroxylation is 2. The monoisotopic (exact) mass is 576 g/mol. The van der Waals surface area contributed by atoms with Crippen molar-refractivity contribution in [3.05, 3.63) is 124 Å². The zero-order valence-electron chi connectivity index (χ0n) is 23.3. The molecular formula is C34H28N2O5S. The number of benzene rings is 4. The molecule has 1 fully saturated rings. The molecule has 1 aromatic heterocycles. The van der Waals surface area contributed by atoms with Crippen LogP contribution in [0.25, 0.3) is 16.0 Å². The van der Waals surface area contributed by atoms with Gasteiger partial charge >= 0.3 is 5.91 Å². The van der Waals surface area contributed by atoms with E-state index in [1.165, 1.54) is 16.2 Å². The summed E-state index contributed by atoms with van der Waals surface area (Å²) < 4.78 is 12.3. The van der Waals surface area contributed by atoms with Crippen LogP contribution in [0.15, 0.2) is 96.6 Å². The summed E-state index contributed by atoms with van der Waals surface area (Å²) in [6.45, 7) is 4.26. The number of anilines is 1. The first kappa shape index (κ1) is 27.2. The summed E-state index contributed by atoms with van der Waals surface area (Å²) >= 11 is 1.33. The van der Waals surface area contributed by atoms with Gasteiger partial charge in [0.15, 0.2) is 5.13 Å². The van der Waals surface area contributed by atoms with Crippen LogP contribution in [0.1, 0.15) is 33.9 Å². The lowest BCUT2D eigenvalue weighted by Crippen LogP contribution is -2.29. The highest BCUT2D eigenvalue weighted by Gasteiger charge is 2.48. The molecule has 0 radical (unpaired) electrons. The number of ether oxygens (including phenoxy) is 2. The van der Waals surface area contributed by atoms with Gasteiger partial charge in [-0.1, -0.05) is 59.9 Å². The van der Waals surface area contributed by atoms with Gasteiger partial charge in [-0.05, 0) is 78.6 Å². The predicted molar refractivity (Wildman–Crippen MR) is 164 cm³/mol. The smallest absolute Gasteiger partial charge is 0.301 e. The Hall–Kier alpha value is -4.95. The molecule has 42 heavy (non-hydrogen) atoms. The SMILES string of the molecule is COc1cccc(C2/C(=C(\O)c3ccc(OCc4ccccc4)c(C)c3)C(=O)C(=O)N2c2nc3ccc(C)cc3s2)c1. The lowest BCUT2D eigenvalue weighted by Gasteiger charge is -2.23. The third kappa shape index (κ3) is 5.01. The van der Waals surface area contributed by atoms with Crippen molar-refractivity contribution in [1.29, 1.82) is 0 Å².